The lowest BCUT2D eigenvalue weighted by Gasteiger charge is -2.24. The van der Waals surface area contributed by atoms with Crippen molar-refractivity contribution in [3.8, 4) is 11.5 Å². The van der Waals surface area contributed by atoms with Crippen LogP contribution in [0.3, 0.4) is 0 Å². The Labute approximate surface area is 129 Å². The summed E-state index contributed by atoms with van der Waals surface area (Å²) in [6, 6.07) is 5.18. The maximum absolute atomic E-state index is 11.9. The van der Waals surface area contributed by atoms with Crippen molar-refractivity contribution in [3.63, 3.8) is 0 Å². The number of carbonyl (C=O) groups is 2. The Hall–Kier alpha value is -2.28. The molecule has 0 atom stereocenters. The SMILES string of the molecule is COCCNC(=O)CN(C(C)=O)c1ccc2c(c1)OCCO2. The zero-order valence-corrected chi connectivity index (χ0v) is 12.8. The van der Waals surface area contributed by atoms with Gasteiger partial charge in [0.1, 0.15) is 19.8 Å². The van der Waals surface area contributed by atoms with E-state index in [2.05, 4.69) is 5.32 Å². The first-order valence-electron chi connectivity index (χ1n) is 7.05. The first-order chi connectivity index (χ1) is 10.6. The number of ether oxygens (including phenoxy) is 3. The third-order valence-electron chi connectivity index (χ3n) is 3.15. The minimum atomic E-state index is -0.248. The molecule has 0 aromatic heterocycles. The lowest BCUT2D eigenvalue weighted by molar-refractivity contribution is -0.123. The summed E-state index contributed by atoms with van der Waals surface area (Å²) in [6.07, 6.45) is 0. The summed E-state index contributed by atoms with van der Waals surface area (Å²) in [5.41, 5.74) is 0.596. The second-order valence-electron chi connectivity index (χ2n) is 4.78. The van der Waals surface area contributed by atoms with Crippen LogP contribution in [0, 0.1) is 0 Å². The molecule has 1 aromatic rings. The van der Waals surface area contributed by atoms with E-state index in [0.29, 0.717) is 43.6 Å². The van der Waals surface area contributed by atoms with Gasteiger partial charge in [-0.15, -0.1) is 0 Å². The number of hydrogen-bond acceptors (Lipinski definition) is 5. The van der Waals surface area contributed by atoms with Crippen LogP contribution in [0.2, 0.25) is 0 Å². The zero-order chi connectivity index (χ0) is 15.9. The highest BCUT2D eigenvalue weighted by Crippen LogP contribution is 2.33. The second kappa shape index (κ2) is 7.65. The smallest absolute Gasteiger partial charge is 0.240 e. The zero-order valence-electron chi connectivity index (χ0n) is 12.8. The normalized spacial score (nSPS) is 12.6. The van der Waals surface area contributed by atoms with Crippen molar-refractivity contribution in [2.24, 2.45) is 0 Å². The molecule has 2 rings (SSSR count). The molecule has 0 bridgehead atoms. The van der Waals surface area contributed by atoms with Crippen LogP contribution in [0.25, 0.3) is 0 Å². The van der Waals surface area contributed by atoms with Gasteiger partial charge in [0.05, 0.1) is 6.61 Å². The van der Waals surface area contributed by atoms with Gasteiger partial charge in [-0.25, -0.2) is 0 Å². The van der Waals surface area contributed by atoms with Crippen molar-refractivity contribution >= 4 is 17.5 Å². The number of rotatable bonds is 6. The standard InChI is InChI=1S/C15H20N2O5/c1-11(18)17(10-15(19)16-5-6-20-2)12-3-4-13-14(9-12)22-8-7-21-13/h3-4,9H,5-8,10H2,1-2H3,(H,16,19). The molecule has 7 nitrogen and oxygen atoms in total. The summed E-state index contributed by atoms with van der Waals surface area (Å²) in [5.74, 6) is 0.749. The van der Waals surface area contributed by atoms with E-state index < -0.39 is 0 Å². The Morgan fingerprint density at radius 3 is 2.68 bits per heavy atom. The van der Waals surface area contributed by atoms with Crippen molar-refractivity contribution in [1.29, 1.82) is 0 Å². The molecule has 1 heterocycles. The van der Waals surface area contributed by atoms with Crippen LogP contribution >= 0.6 is 0 Å². The Morgan fingerprint density at radius 1 is 1.27 bits per heavy atom. The number of nitrogens with one attached hydrogen (secondary N) is 1. The van der Waals surface area contributed by atoms with Gasteiger partial charge in [-0.2, -0.15) is 0 Å². The number of benzene rings is 1. The summed E-state index contributed by atoms with van der Waals surface area (Å²) in [7, 11) is 1.56. The van der Waals surface area contributed by atoms with Crippen LogP contribution < -0.4 is 19.7 Å². The van der Waals surface area contributed by atoms with Gasteiger partial charge in [0.2, 0.25) is 11.8 Å². The first-order valence-corrected chi connectivity index (χ1v) is 7.05. The van der Waals surface area contributed by atoms with Gasteiger partial charge < -0.3 is 24.4 Å². The average Bonchev–Trinajstić information content (AvgIpc) is 2.52. The van der Waals surface area contributed by atoms with E-state index in [0.717, 1.165) is 0 Å². The Balaban J connectivity index is 2.07. The van der Waals surface area contributed by atoms with Gasteiger partial charge >= 0.3 is 0 Å². The minimum Gasteiger partial charge on any atom is -0.486 e. The van der Waals surface area contributed by atoms with E-state index in [1.54, 1.807) is 25.3 Å². The molecule has 2 amide bonds. The highest BCUT2D eigenvalue weighted by molar-refractivity contribution is 5.97. The molecule has 7 heteroatoms. The summed E-state index contributed by atoms with van der Waals surface area (Å²) in [4.78, 5) is 25.1. The predicted molar refractivity (Wildman–Crippen MR) is 80.3 cm³/mol. The van der Waals surface area contributed by atoms with E-state index >= 15 is 0 Å². The molecule has 0 aliphatic carbocycles. The highest BCUT2D eigenvalue weighted by atomic mass is 16.6. The van der Waals surface area contributed by atoms with Crippen LogP contribution in [-0.2, 0) is 14.3 Å². The second-order valence-corrected chi connectivity index (χ2v) is 4.78. The van der Waals surface area contributed by atoms with E-state index in [-0.39, 0.29) is 18.4 Å². The van der Waals surface area contributed by atoms with Gasteiger partial charge in [-0.1, -0.05) is 0 Å². The number of hydrogen-bond donors (Lipinski definition) is 1. The van der Waals surface area contributed by atoms with Crippen molar-refractivity contribution in [2.75, 3.05) is 44.9 Å². The highest BCUT2D eigenvalue weighted by Gasteiger charge is 2.19. The lowest BCUT2D eigenvalue weighted by Crippen LogP contribution is -2.40. The molecule has 0 saturated heterocycles. The predicted octanol–water partition coefficient (Wildman–Crippen LogP) is 0.573. The lowest BCUT2D eigenvalue weighted by atomic mass is 10.2. The quantitative estimate of drug-likeness (QED) is 0.778. The molecule has 0 saturated carbocycles. The van der Waals surface area contributed by atoms with E-state index in [9.17, 15) is 9.59 Å². The summed E-state index contributed by atoms with van der Waals surface area (Å²) < 4.78 is 15.8. The third-order valence-corrected chi connectivity index (χ3v) is 3.15. The van der Waals surface area contributed by atoms with E-state index in [1.165, 1.54) is 11.8 Å². The van der Waals surface area contributed by atoms with E-state index in [4.69, 9.17) is 14.2 Å². The maximum atomic E-state index is 11.9. The summed E-state index contributed by atoms with van der Waals surface area (Å²) in [5, 5.41) is 2.69. The maximum Gasteiger partial charge on any atom is 0.240 e. The van der Waals surface area contributed by atoms with Gasteiger partial charge in [0, 0.05) is 32.3 Å². The molecule has 1 aliphatic rings. The Bertz CT molecular complexity index is 547. The first kappa shape index (κ1) is 16.1. The van der Waals surface area contributed by atoms with Crippen molar-refractivity contribution in [3.05, 3.63) is 18.2 Å². The Kier molecular flexibility index (Phi) is 5.60. The van der Waals surface area contributed by atoms with Crippen LogP contribution in [0.5, 0.6) is 11.5 Å². The molecular formula is C15H20N2O5. The molecule has 1 aliphatic heterocycles. The average molecular weight is 308 g/mol. The Morgan fingerprint density at radius 2 is 2.00 bits per heavy atom. The van der Waals surface area contributed by atoms with Gasteiger partial charge in [-0.3, -0.25) is 9.59 Å². The van der Waals surface area contributed by atoms with Crippen LogP contribution in [-0.4, -0.2) is 51.8 Å². The molecule has 120 valence electrons. The molecular weight excluding hydrogens is 288 g/mol. The number of anilines is 1. The monoisotopic (exact) mass is 308 g/mol. The number of carbonyl (C=O) groups excluding carboxylic acids is 2. The molecule has 1 aromatic carbocycles. The van der Waals surface area contributed by atoms with Gasteiger partial charge in [-0.05, 0) is 12.1 Å². The molecule has 22 heavy (non-hydrogen) atoms. The van der Waals surface area contributed by atoms with Crippen molar-refractivity contribution in [2.45, 2.75) is 6.92 Å². The van der Waals surface area contributed by atoms with Crippen LogP contribution in [0.15, 0.2) is 18.2 Å². The summed E-state index contributed by atoms with van der Waals surface area (Å²) in [6.45, 7) is 3.16. The van der Waals surface area contributed by atoms with Crippen LogP contribution in [0.4, 0.5) is 5.69 Å². The molecule has 0 radical (unpaired) electrons. The number of fused-ring (bicyclic) bond motifs is 1. The number of nitrogens with zero attached hydrogens (tertiary/aromatic N) is 1. The van der Waals surface area contributed by atoms with Crippen LogP contribution in [0.1, 0.15) is 6.92 Å². The fraction of sp³-hybridized carbons (Fsp3) is 0.467. The number of methoxy groups -OCH3 is 1. The topological polar surface area (TPSA) is 77.1 Å². The van der Waals surface area contributed by atoms with Gasteiger partial charge in [0.25, 0.3) is 0 Å². The third kappa shape index (κ3) is 4.11. The molecule has 0 spiro atoms. The minimum absolute atomic E-state index is 0.0569. The largest absolute Gasteiger partial charge is 0.486 e. The molecule has 1 N–H and O–H groups in total. The molecule has 0 unspecified atom stereocenters. The van der Waals surface area contributed by atoms with Gasteiger partial charge in [0.15, 0.2) is 11.5 Å². The summed E-state index contributed by atoms with van der Waals surface area (Å²) >= 11 is 0. The molecule has 0 fully saturated rings. The fourth-order valence-electron chi connectivity index (χ4n) is 2.08. The van der Waals surface area contributed by atoms with Crippen molar-refractivity contribution in [1.82, 2.24) is 5.32 Å². The number of amides is 2. The van der Waals surface area contributed by atoms with Crippen molar-refractivity contribution < 1.29 is 23.8 Å². The van der Waals surface area contributed by atoms with E-state index in [1.807, 2.05) is 0 Å². The fourth-order valence-corrected chi connectivity index (χ4v) is 2.08.